The fourth-order valence-electron chi connectivity index (χ4n) is 2.44. The molecule has 0 bridgehead atoms. The van der Waals surface area contributed by atoms with Crippen molar-refractivity contribution in [1.29, 1.82) is 0 Å². The largest absolute Gasteiger partial charge is 0.493 e. The number of cyclic esters (lactones) is 1. The minimum absolute atomic E-state index is 0.274. The molecule has 0 amide bonds. The number of carbonyl (C=O) groups excluding carboxylic acids is 1. The van der Waals surface area contributed by atoms with Crippen molar-refractivity contribution in [1.82, 2.24) is 0 Å². The maximum absolute atomic E-state index is 12.1. The molecule has 122 valence electrons. The third kappa shape index (κ3) is 3.23. The second kappa shape index (κ2) is 6.71. The maximum atomic E-state index is 12.1. The van der Waals surface area contributed by atoms with E-state index in [-0.39, 0.29) is 5.70 Å². The van der Waals surface area contributed by atoms with Crippen LogP contribution in [0.3, 0.4) is 0 Å². The number of para-hydroxylation sites is 1. The lowest BCUT2D eigenvalue weighted by Crippen LogP contribution is -2.05. The van der Waals surface area contributed by atoms with Crippen molar-refractivity contribution >= 4 is 17.9 Å². The van der Waals surface area contributed by atoms with E-state index in [0.717, 1.165) is 22.4 Å². The average Bonchev–Trinajstić information content (AvgIpc) is 2.93. The van der Waals surface area contributed by atoms with Crippen LogP contribution in [0.4, 0.5) is 0 Å². The van der Waals surface area contributed by atoms with E-state index >= 15 is 0 Å². The Hall–Kier alpha value is -2.88. The summed E-state index contributed by atoms with van der Waals surface area (Å²) in [6.07, 6.45) is 1.70. The highest BCUT2D eigenvalue weighted by Crippen LogP contribution is 2.25. The van der Waals surface area contributed by atoms with E-state index in [1.165, 1.54) is 5.56 Å². The molecule has 4 nitrogen and oxygen atoms in total. The summed E-state index contributed by atoms with van der Waals surface area (Å²) in [5.41, 5.74) is 4.19. The van der Waals surface area contributed by atoms with Crippen LogP contribution in [0, 0.1) is 13.8 Å². The molecule has 0 spiro atoms. The summed E-state index contributed by atoms with van der Waals surface area (Å²) in [6.45, 7) is 6.54. The predicted octanol–water partition coefficient (Wildman–Crippen LogP) is 4.05. The standard InChI is InChI=1S/C20H19NO3/c1-4-23-18-8-6-5-7-15(18)12-17-20(22)24-19(21-17)16-10-9-13(2)14(3)11-16/h5-12H,4H2,1-3H3/b17-12-. The first-order chi connectivity index (χ1) is 11.6. The van der Waals surface area contributed by atoms with Crippen molar-refractivity contribution in [2.75, 3.05) is 6.61 Å². The summed E-state index contributed by atoms with van der Waals surface area (Å²) in [7, 11) is 0. The highest BCUT2D eigenvalue weighted by molar-refractivity contribution is 6.13. The van der Waals surface area contributed by atoms with Gasteiger partial charge in [0.2, 0.25) is 5.90 Å². The van der Waals surface area contributed by atoms with Gasteiger partial charge in [0.05, 0.1) is 6.61 Å². The van der Waals surface area contributed by atoms with Crippen molar-refractivity contribution in [3.05, 3.63) is 70.4 Å². The van der Waals surface area contributed by atoms with Crippen LogP contribution in [-0.2, 0) is 9.53 Å². The van der Waals surface area contributed by atoms with Gasteiger partial charge in [0.15, 0.2) is 5.70 Å². The molecule has 0 radical (unpaired) electrons. The monoisotopic (exact) mass is 321 g/mol. The van der Waals surface area contributed by atoms with Crippen LogP contribution >= 0.6 is 0 Å². The summed E-state index contributed by atoms with van der Waals surface area (Å²) in [4.78, 5) is 16.5. The van der Waals surface area contributed by atoms with Crippen LogP contribution in [0.1, 0.15) is 29.2 Å². The Morgan fingerprint density at radius 3 is 2.67 bits per heavy atom. The van der Waals surface area contributed by atoms with Gasteiger partial charge in [0.1, 0.15) is 5.75 Å². The van der Waals surface area contributed by atoms with E-state index in [4.69, 9.17) is 9.47 Å². The number of aryl methyl sites for hydroxylation is 2. The molecule has 24 heavy (non-hydrogen) atoms. The lowest BCUT2D eigenvalue weighted by atomic mass is 10.1. The molecule has 1 aliphatic rings. The Kier molecular flexibility index (Phi) is 4.47. The van der Waals surface area contributed by atoms with Crippen LogP contribution in [-0.4, -0.2) is 18.5 Å². The molecule has 0 unspecified atom stereocenters. The first-order valence-corrected chi connectivity index (χ1v) is 7.90. The summed E-state index contributed by atoms with van der Waals surface area (Å²) < 4.78 is 10.9. The van der Waals surface area contributed by atoms with Crippen LogP contribution in [0.2, 0.25) is 0 Å². The summed E-state index contributed by atoms with van der Waals surface area (Å²) in [6, 6.07) is 13.4. The van der Waals surface area contributed by atoms with Crippen LogP contribution in [0.15, 0.2) is 53.2 Å². The van der Waals surface area contributed by atoms with E-state index in [2.05, 4.69) is 4.99 Å². The zero-order valence-corrected chi connectivity index (χ0v) is 14.0. The third-order valence-corrected chi connectivity index (χ3v) is 3.89. The van der Waals surface area contributed by atoms with E-state index in [1.54, 1.807) is 6.08 Å². The first kappa shape index (κ1) is 16.0. The molecule has 2 aromatic carbocycles. The molecule has 4 heteroatoms. The summed E-state index contributed by atoms with van der Waals surface area (Å²) in [5, 5.41) is 0. The maximum Gasteiger partial charge on any atom is 0.363 e. The Labute approximate surface area is 141 Å². The summed E-state index contributed by atoms with van der Waals surface area (Å²) in [5.74, 6) is 0.605. The van der Waals surface area contributed by atoms with Gasteiger partial charge in [0, 0.05) is 11.1 Å². The van der Waals surface area contributed by atoms with E-state index in [1.807, 2.05) is 63.2 Å². The smallest absolute Gasteiger partial charge is 0.363 e. The van der Waals surface area contributed by atoms with Crippen molar-refractivity contribution in [3.8, 4) is 5.75 Å². The lowest BCUT2D eigenvalue weighted by molar-refractivity contribution is -0.129. The van der Waals surface area contributed by atoms with Gasteiger partial charge in [-0.05, 0) is 56.2 Å². The van der Waals surface area contributed by atoms with Gasteiger partial charge in [-0.15, -0.1) is 0 Å². The van der Waals surface area contributed by atoms with Gasteiger partial charge in [0.25, 0.3) is 0 Å². The second-order valence-electron chi connectivity index (χ2n) is 5.61. The van der Waals surface area contributed by atoms with E-state index in [0.29, 0.717) is 12.5 Å². The first-order valence-electron chi connectivity index (χ1n) is 7.90. The van der Waals surface area contributed by atoms with Gasteiger partial charge in [-0.1, -0.05) is 24.3 Å². The number of hydrogen-bond acceptors (Lipinski definition) is 4. The minimum Gasteiger partial charge on any atom is -0.493 e. The van der Waals surface area contributed by atoms with Crippen molar-refractivity contribution < 1.29 is 14.3 Å². The predicted molar refractivity (Wildman–Crippen MR) is 94.1 cm³/mol. The van der Waals surface area contributed by atoms with Crippen molar-refractivity contribution in [2.45, 2.75) is 20.8 Å². The zero-order valence-electron chi connectivity index (χ0n) is 14.0. The lowest BCUT2D eigenvalue weighted by Gasteiger charge is -2.06. The normalized spacial score (nSPS) is 15.4. The molecule has 0 saturated heterocycles. The minimum atomic E-state index is -0.450. The van der Waals surface area contributed by atoms with E-state index < -0.39 is 5.97 Å². The molecule has 0 N–H and O–H groups in total. The molecule has 0 aliphatic carbocycles. The number of aliphatic imine (C=N–C) groups is 1. The number of nitrogens with zero attached hydrogens (tertiary/aromatic N) is 1. The molecule has 0 atom stereocenters. The van der Waals surface area contributed by atoms with Crippen molar-refractivity contribution in [3.63, 3.8) is 0 Å². The van der Waals surface area contributed by atoms with Gasteiger partial charge < -0.3 is 9.47 Å². The fourth-order valence-corrected chi connectivity index (χ4v) is 2.44. The Bertz CT molecular complexity index is 850. The number of esters is 1. The molecule has 2 aromatic rings. The Balaban J connectivity index is 1.96. The Morgan fingerprint density at radius 2 is 1.92 bits per heavy atom. The van der Waals surface area contributed by atoms with Gasteiger partial charge >= 0.3 is 5.97 Å². The molecule has 3 rings (SSSR count). The molecular weight excluding hydrogens is 302 g/mol. The molecule has 1 heterocycles. The number of rotatable bonds is 4. The molecular formula is C20H19NO3. The van der Waals surface area contributed by atoms with Crippen LogP contribution < -0.4 is 4.74 Å². The quantitative estimate of drug-likeness (QED) is 0.630. The van der Waals surface area contributed by atoms with Gasteiger partial charge in [-0.25, -0.2) is 9.79 Å². The molecule has 1 aliphatic heterocycles. The van der Waals surface area contributed by atoms with E-state index in [9.17, 15) is 4.79 Å². The van der Waals surface area contributed by atoms with Crippen LogP contribution in [0.25, 0.3) is 6.08 Å². The van der Waals surface area contributed by atoms with Gasteiger partial charge in [-0.3, -0.25) is 0 Å². The number of hydrogen-bond donors (Lipinski definition) is 0. The fraction of sp³-hybridized carbons (Fsp3) is 0.200. The third-order valence-electron chi connectivity index (χ3n) is 3.89. The molecule has 0 fully saturated rings. The average molecular weight is 321 g/mol. The highest BCUT2D eigenvalue weighted by Gasteiger charge is 2.24. The second-order valence-corrected chi connectivity index (χ2v) is 5.61. The summed E-state index contributed by atoms with van der Waals surface area (Å²) >= 11 is 0. The molecule has 0 aromatic heterocycles. The number of ether oxygens (including phenoxy) is 2. The van der Waals surface area contributed by atoms with Crippen LogP contribution in [0.5, 0.6) is 5.75 Å². The SMILES string of the molecule is CCOc1ccccc1/C=C1\N=C(c2ccc(C)c(C)c2)OC1=O. The molecule has 0 saturated carbocycles. The number of carbonyl (C=O) groups is 1. The Morgan fingerprint density at radius 1 is 1.12 bits per heavy atom. The van der Waals surface area contributed by atoms with Crippen molar-refractivity contribution in [2.24, 2.45) is 4.99 Å². The highest BCUT2D eigenvalue weighted by atomic mass is 16.6. The van der Waals surface area contributed by atoms with Gasteiger partial charge in [-0.2, -0.15) is 0 Å². The zero-order chi connectivity index (χ0) is 17.1. The number of benzene rings is 2. The topological polar surface area (TPSA) is 47.9 Å².